The van der Waals surface area contributed by atoms with Crippen LogP contribution in [-0.4, -0.2) is 42.3 Å². The van der Waals surface area contributed by atoms with Crippen LogP contribution in [0.25, 0.3) is 0 Å². The van der Waals surface area contributed by atoms with Crippen molar-refractivity contribution in [2.45, 2.75) is 77.9 Å². The normalized spacial score (nSPS) is 20.6. The van der Waals surface area contributed by atoms with Crippen LogP contribution in [0.1, 0.15) is 66.2 Å². The van der Waals surface area contributed by atoms with E-state index in [0.29, 0.717) is 6.04 Å². The molecule has 1 heterocycles. The second kappa shape index (κ2) is 8.50. The van der Waals surface area contributed by atoms with E-state index in [1.807, 2.05) is 25.7 Å². The van der Waals surface area contributed by atoms with Crippen molar-refractivity contribution in [1.82, 2.24) is 10.2 Å². The minimum Gasteiger partial charge on any atom is -0.444 e. The molecule has 118 valence electrons. The third kappa shape index (κ3) is 7.13. The van der Waals surface area contributed by atoms with Crippen molar-refractivity contribution >= 4 is 6.09 Å². The Morgan fingerprint density at radius 2 is 2.05 bits per heavy atom. The molecule has 1 atom stereocenters. The van der Waals surface area contributed by atoms with Crippen molar-refractivity contribution in [2.75, 3.05) is 19.6 Å². The predicted molar refractivity (Wildman–Crippen MR) is 83.0 cm³/mol. The van der Waals surface area contributed by atoms with E-state index in [1.165, 1.54) is 25.7 Å². The van der Waals surface area contributed by atoms with E-state index in [2.05, 4.69) is 12.2 Å². The lowest BCUT2D eigenvalue weighted by molar-refractivity contribution is 0.0244. The number of ether oxygens (including phenoxy) is 1. The molecule has 20 heavy (non-hydrogen) atoms. The smallest absolute Gasteiger partial charge is 0.410 e. The fourth-order valence-corrected chi connectivity index (χ4v) is 2.48. The van der Waals surface area contributed by atoms with E-state index >= 15 is 0 Å². The number of unbranched alkanes of at least 4 members (excludes halogenated alkanes) is 2. The summed E-state index contributed by atoms with van der Waals surface area (Å²) in [4.78, 5) is 14.0. The van der Waals surface area contributed by atoms with Crippen LogP contribution in [0, 0.1) is 0 Å². The topological polar surface area (TPSA) is 41.6 Å². The molecule has 0 saturated carbocycles. The Hall–Kier alpha value is -0.770. The molecule has 1 saturated heterocycles. The summed E-state index contributed by atoms with van der Waals surface area (Å²) in [7, 11) is 0. The number of carbonyl (C=O) groups excluding carboxylic acids is 1. The molecule has 1 aliphatic rings. The Morgan fingerprint density at radius 3 is 2.70 bits per heavy atom. The minimum absolute atomic E-state index is 0.167. The zero-order valence-electron chi connectivity index (χ0n) is 13.7. The van der Waals surface area contributed by atoms with Gasteiger partial charge in [-0.2, -0.15) is 0 Å². The van der Waals surface area contributed by atoms with E-state index in [4.69, 9.17) is 4.74 Å². The molecule has 0 unspecified atom stereocenters. The molecule has 0 aromatic rings. The molecule has 1 rings (SSSR count). The van der Waals surface area contributed by atoms with Crippen molar-refractivity contribution in [3.05, 3.63) is 0 Å². The highest BCUT2D eigenvalue weighted by atomic mass is 16.6. The van der Waals surface area contributed by atoms with Gasteiger partial charge in [0.25, 0.3) is 0 Å². The average Bonchev–Trinajstić information content (AvgIpc) is 2.58. The van der Waals surface area contributed by atoms with Gasteiger partial charge in [0.2, 0.25) is 0 Å². The van der Waals surface area contributed by atoms with Crippen LogP contribution >= 0.6 is 0 Å². The van der Waals surface area contributed by atoms with Gasteiger partial charge in [0, 0.05) is 19.1 Å². The predicted octanol–water partition coefficient (Wildman–Crippen LogP) is 3.56. The van der Waals surface area contributed by atoms with Gasteiger partial charge in [-0.3, -0.25) is 0 Å². The number of nitrogens with one attached hydrogen (secondary N) is 1. The zero-order chi connectivity index (χ0) is 15.0. The SMILES string of the molecule is CCCCCN[C@@H]1CCCCN(C(=O)OC(C)(C)C)C1. The Bertz CT molecular complexity index is 287. The second-order valence-corrected chi connectivity index (χ2v) is 6.78. The van der Waals surface area contributed by atoms with Gasteiger partial charge in [0.1, 0.15) is 5.60 Å². The third-order valence-corrected chi connectivity index (χ3v) is 3.54. The number of hydrogen-bond donors (Lipinski definition) is 1. The maximum Gasteiger partial charge on any atom is 0.410 e. The maximum absolute atomic E-state index is 12.2. The van der Waals surface area contributed by atoms with Gasteiger partial charge < -0.3 is 15.0 Å². The molecule has 1 fully saturated rings. The van der Waals surface area contributed by atoms with Crippen LogP contribution < -0.4 is 5.32 Å². The molecule has 0 spiro atoms. The first-order chi connectivity index (χ1) is 9.42. The highest BCUT2D eigenvalue weighted by Gasteiger charge is 2.25. The van der Waals surface area contributed by atoms with Crippen molar-refractivity contribution in [2.24, 2.45) is 0 Å². The van der Waals surface area contributed by atoms with E-state index in [-0.39, 0.29) is 6.09 Å². The number of rotatable bonds is 5. The number of carbonyl (C=O) groups is 1. The largest absolute Gasteiger partial charge is 0.444 e. The molecular formula is C16H32N2O2. The molecule has 1 amide bonds. The quantitative estimate of drug-likeness (QED) is 0.785. The zero-order valence-corrected chi connectivity index (χ0v) is 13.7. The lowest BCUT2D eigenvalue weighted by atomic mass is 10.1. The summed E-state index contributed by atoms with van der Waals surface area (Å²) >= 11 is 0. The van der Waals surface area contributed by atoms with Crippen LogP contribution in [0.2, 0.25) is 0 Å². The molecule has 1 aliphatic heterocycles. The van der Waals surface area contributed by atoms with Gasteiger partial charge in [-0.05, 0) is 46.6 Å². The van der Waals surface area contributed by atoms with Crippen molar-refractivity contribution in [1.29, 1.82) is 0 Å². The molecular weight excluding hydrogens is 252 g/mol. The number of amides is 1. The standard InChI is InChI=1S/C16H32N2O2/c1-5-6-8-11-17-14-10-7-9-12-18(13-14)15(19)20-16(2,3)4/h14,17H,5-13H2,1-4H3/t14-/m1/s1. The molecule has 0 radical (unpaired) electrons. The van der Waals surface area contributed by atoms with Gasteiger partial charge in [-0.15, -0.1) is 0 Å². The fraction of sp³-hybridized carbons (Fsp3) is 0.938. The van der Waals surface area contributed by atoms with Gasteiger partial charge in [-0.1, -0.05) is 26.2 Å². The summed E-state index contributed by atoms with van der Waals surface area (Å²) < 4.78 is 5.48. The summed E-state index contributed by atoms with van der Waals surface area (Å²) in [5.74, 6) is 0. The first-order valence-corrected chi connectivity index (χ1v) is 8.13. The molecule has 0 aromatic carbocycles. The van der Waals surface area contributed by atoms with E-state index < -0.39 is 5.60 Å². The highest BCUT2D eigenvalue weighted by Crippen LogP contribution is 2.15. The van der Waals surface area contributed by atoms with Crippen molar-refractivity contribution in [3.8, 4) is 0 Å². The Balaban J connectivity index is 2.41. The van der Waals surface area contributed by atoms with E-state index in [9.17, 15) is 4.79 Å². The Labute approximate surface area is 124 Å². The fourth-order valence-electron chi connectivity index (χ4n) is 2.48. The first-order valence-electron chi connectivity index (χ1n) is 8.13. The van der Waals surface area contributed by atoms with E-state index in [1.54, 1.807) is 0 Å². The second-order valence-electron chi connectivity index (χ2n) is 6.78. The highest BCUT2D eigenvalue weighted by molar-refractivity contribution is 5.68. The summed E-state index contributed by atoms with van der Waals surface area (Å²) in [5, 5.41) is 3.59. The minimum atomic E-state index is -0.409. The van der Waals surface area contributed by atoms with Gasteiger partial charge in [0.05, 0.1) is 0 Å². The molecule has 1 N–H and O–H groups in total. The molecule has 4 heteroatoms. The van der Waals surface area contributed by atoms with Crippen LogP contribution in [0.15, 0.2) is 0 Å². The average molecular weight is 284 g/mol. The maximum atomic E-state index is 12.2. The lowest BCUT2D eigenvalue weighted by Gasteiger charge is -2.28. The van der Waals surface area contributed by atoms with Crippen molar-refractivity contribution < 1.29 is 9.53 Å². The van der Waals surface area contributed by atoms with Gasteiger partial charge >= 0.3 is 6.09 Å². The summed E-state index contributed by atoms with van der Waals surface area (Å²) in [5.41, 5.74) is -0.409. The number of likely N-dealkylation sites (tertiary alicyclic amines) is 1. The number of hydrogen-bond acceptors (Lipinski definition) is 3. The summed E-state index contributed by atoms with van der Waals surface area (Å²) in [6.07, 6.45) is 6.99. The molecule has 0 aromatic heterocycles. The van der Waals surface area contributed by atoms with Crippen LogP contribution in [0.4, 0.5) is 4.79 Å². The Morgan fingerprint density at radius 1 is 1.30 bits per heavy atom. The lowest BCUT2D eigenvalue weighted by Crippen LogP contribution is -2.44. The molecule has 0 bridgehead atoms. The monoisotopic (exact) mass is 284 g/mol. The van der Waals surface area contributed by atoms with Crippen LogP contribution in [0.3, 0.4) is 0 Å². The van der Waals surface area contributed by atoms with E-state index in [0.717, 1.165) is 32.5 Å². The summed E-state index contributed by atoms with van der Waals surface area (Å²) in [6, 6.07) is 0.418. The Kier molecular flexibility index (Phi) is 7.35. The third-order valence-electron chi connectivity index (χ3n) is 3.54. The van der Waals surface area contributed by atoms with Crippen molar-refractivity contribution in [3.63, 3.8) is 0 Å². The van der Waals surface area contributed by atoms with Gasteiger partial charge in [-0.25, -0.2) is 4.79 Å². The first kappa shape index (κ1) is 17.3. The molecule has 0 aliphatic carbocycles. The van der Waals surface area contributed by atoms with Gasteiger partial charge in [0.15, 0.2) is 0 Å². The van der Waals surface area contributed by atoms with Crippen LogP contribution in [0.5, 0.6) is 0 Å². The number of nitrogens with zero attached hydrogens (tertiary/aromatic N) is 1. The molecule has 4 nitrogen and oxygen atoms in total. The summed E-state index contributed by atoms with van der Waals surface area (Å²) in [6.45, 7) is 10.6. The van der Waals surface area contributed by atoms with Crippen LogP contribution in [-0.2, 0) is 4.74 Å².